The quantitative estimate of drug-likeness (QED) is 0.162. The van der Waals surface area contributed by atoms with Crippen molar-refractivity contribution in [3.8, 4) is 0 Å². The fourth-order valence-electron chi connectivity index (χ4n) is 0.242. The van der Waals surface area contributed by atoms with Gasteiger partial charge in [-0.2, -0.15) is 5.53 Å². The third kappa shape index (κ3) is 12.7. The van der Waals surface area contributed by atoms with Gasteiger partial charge < -0.3 is 0 Å². The number of nitrogens with one attached hydrogen (secondary N) is 1. The maximum absolute atomic E-state index is 7.56. The molecule has 0 aromatic rings. The van der Waals surface area contributed by atoms with Crippen molar-refractivity contribution in [3.05, 3.63) is 0 Å². The highest BCUT2D eigenvalue weighted by Gasteiger charge is 2.09. The largest absolute Gasteiger partial charge is 0.219 e. The van der Waals surface area contributed by atoms with E-state index in [4.69, 9.17) is 16.0 Å². The lowest BCUT2D eigenvalue weighted by atomic mass is 12.4. The van der Waals surface area contributed by atoms with Crippen LogP contribution >= 0.6 is 0 Å². The van der Waals surface area contributed by atoms with Crippen molar-refractivity contribution in [2.45, 2.75) is 0 Å². The summed E-state index contributed by atoms with van der Waals surface area (Å²) in [5.74, 6) is 0. The Morgan fingerprint density at radius 2 is 1.21 bits per heavy atom. The zero-order valence-electron chi connectivity index (χ0n) is 8.08. The highest BCUT2D eigenvalue weighted by atomic mass is 17.9. The molecule has 0 saturated heterocycles. The van der Waals surface area contributed by atoms with Crippen molar-refractivity contribution >= 4 is 0 Å². The number of rotatable bonds is 14. The Balaban J connectivity index is 3.69. The van der Waals surface area contributed by atoms with Crippen LogP contribution in [0.1, 0.15) is 0 Å². The Labute approximate surface area is 98.8 Å². The minimum absolute atomic E-state index is 0.204. The molecule has 0 amide bonds. The summed E-state index contributed by atoms with van der Waals surface area (Å²) in [4.78, 5) is 7.72. The van der Waals surface area contributed by atoms with Crippen LogP contribution in [0.4, 0.5) is 0 Å². The summed E-state index contributed by atoms with van der Waals surface area (Å²) in [5, 5.41) is 56.0. The van der Waals surface area contributed by atoms with Gasteiger partial charge in [-0.1, -0.05) is 0 Å². The highest BCUT2D eigenvalue weighted by Crippen LogP contribution is 1.99. The molecule has 0 radical (unpaired) electrons. The van der Waals surface area contributed by atoms with Crippen molar-refractivity contribution in [1.82, 2.24) is 5.34 Å². The van der Waals surface area contributed by atoms with E-state index in [9.17, 15) is 0 Å². The fraction of sp³-hybridized carbons (Fsp3) is 0. The first-order valence-electron chi connectivity index (χ1n) is 3.22. The molecule has 3 N–H and O–H groups in total. The Morgan fingerprint density at radius 1 is 0.737 bits per heavy atom. The molecule has 19 nitrogen and oxygen atoms in total. The van der Waals surface area contributed by atoms with Crippen LogP contribution < -0.4 is 0 Å². The van der Waals surface area contributed by atoms with Crippen LogP contribution in [0.3, 0.4) is 0 Å². The molecule has 112 valence electrons. The van der Waals surface area contributed by atoms with E-state index in [2.05, 4.69) is 76.0 Å². The van der Waals surface area contributed by atoms with Gasteiger partial charge in [0.25, 0.3) is 0 Å². The second kappa shape index (κ2) is 14.5. The maximum atomic E-state index is 7.56. The van der Waals surface area contributed by atoms with Gasteiger partial charge in [0.15, 0.2) is 0 Å². The Morgan fingerprint density at radius 3 is 1.63 bits per heavy atom. The van der Waals surface area contributed by atoms with E-state index in [0.29, 0.717) is 0 Å². The lowest BCUT2D eigenvalue weighted by Crippen LogP contribution is -2.19. The average Bonchev–Trinajstić information content (AvgIpc) is 2.43. The Bertz CT molecular complexity index is 204. The molecular formula is H3N5O14. The molecule has 0 rings (SSSR count). The second-order valence-corrected chi connectivity index (χ2v) is 1.36. The molecule has 0 bridgehead atoms. The summed E-state index contributed by atoms with van der Waals surface area (Å²) < 4.78 is 0. The van der Waals surface area contributed by atoms with Crippen LogP contribution in [0.5, 0.6) is 0 Å². The molecule has 0 atom stereocenters. The van der Waals surface area contributed by atoms with E-state index in [1.807, 2.05) is 0 Å². The highest BCUT2D eigenvalue weighted by molar-refractivity contribution is 3.93. The SMILES string of the molecule is N=N/N=N/N(OOOOOOO)OOOOOOO. The van der Waals surface area contributed by atoms with Gasteiger partial charge in [-0.05, 0) is 70.8 Å². The van der Waals surface area contributed by atoms with Gasteiger partial charge in [0.1, 0.15) is 0 Å². The van der Waals surface area contributed by atoms with Gasteiger partial charge >= 0.3 is 0 Å². The Hall–Kier alpha value is -1.56. The molecule has 0 heterocycles. The summed E-state index contributed by atoms with van der Waals surface area (Å²) in [6.45, 7) is 0. The predicted molar refractivity (Wildman–Crippen MR) is 30.1 cm³/mol. The smallest absolute Gasteiger partial charge is 0.0559 e. The van der Waals surface area contributed by atoms with Gasteiger partial charge in [-0.15, -0.1) is 0 Å². The molecular weight excluding hydrogens is 294 g/mol. The Kier molecular flexibility index (Phi) is 13.3. The second-order valence-electron chi connectivity index (χ2n) is 1.36. The summed E-state index contributed by atoms with van der Waals surface area (Å²) in [7, 11) is 0. The average molecular weight is 297 g/mol. The number of hydrogen-bond acceptors (Lipinski definition) is 16. The predicted octanol–water partition coefficient (Wildman–Crippen LogP) is -0.273. The molecule has 0 fully saturated rings. The normalized spacial score (nSPS) is 11.1. The van der Waals surface area contributed by atoms with Crippen molar-refractivity contribution < 1.29 is 70.9 Å². The van der Waals surface area contributed by atoms with Crippen LogP contribution in [0.25, 0.3) is 0 Å². The third-order valence-corrected chi connectivity index (χ3v) is 0.574. The van der Waals surface area contributed by atoms with Crippen LogP contribution in [-0.2, 0) is 60.4 Å². The summed E-state index contributed by atoms with van der Waals surface area (Å²) in [5.41, 5.74) is 6.24. The number of hydrogen-bond donors (Lipinski definition) is 3. The molecule has 0 aromatic heterocycles. The fourth-order valence-corrected chi connectivity index (χ4v) is 0.242. The van der Waals surface area contributed by atoms with Crippen molar-refractivity contribution in [2.24, 2.45) is 15.7 Å². The number of nitrogens with zero attached hydrogens (tertiary/aromatic N) is 4. The van der Waals surface area contributed by atoms with E-state index in [0.717, 1.165) is 0 Å². The van der Waals surface area contributed by atoms with Gasteiger partial charge in [-0.25, -0.2) is 10.5 Å². The van der Waals surface area contributed by atoms with Gasteiger partial charge in [0.2, 0.25) is 0 Å². The molecule has 19 heavy (non-hydrogen) atoms. The topological polar surface area (TPSA) is 215 Å². The monoisotopic (exact) mass is 297 g/mol. The minimum Gasteiger partial charge on any atom is -0.219 e. The van der Waals surface area contributed by atoms with Crippen LogP contribution in [0.2, 0.25) is 0 Å². The zero-order chi connectivity index (χ0) is 14.2. The van der Waals surface area contributed by atoms with Gasteiger partial charge in [-0.3, -0.25) is 0 Å². The summed E-state index contributed by atoms with van der Waals surface area (Å²) in [6, 6.07) is 0. The first kappa shape index (κ1) is 17.4. The molecule has 0 aromatic carbocycles. The molecule has 19 heteroatoms. The molecule has 0 spiro atoms. The van der Waals surface area contributed by atoms with E-state index >= 15 is 0 Å². The summed E-state index contributed by atoms with van der Waals surface area (Å²) in [6.07, 6.45) is 0. The summed E-state index contributed by atoms with van der Waals surface area (Å²) >= 11 is 0. The minimum atomic E-state index is -0.204. The zero-order valence-corrected chi connectivity index (χ0v) is 8.08. The molecule has 0 unspecified atom stereocenters. The van der Waals surface area contributed by atoms with E-state index in [-0.39, 0.29) is 5.34 Å². The molecule has 0 aliphatic carbocycles. The first-order chi connectivity index (χ1) is 9.35. The lowest BCUT2D eigenvalue weighted by molar-refractivity contribution is -0.842. The van der Waals surface area contributed by atoms with Crippen LogP contribution in [0.15, 0.2) is 15.7 Å². The molecule has 0 aliphatic heterocycles. The first-order valence-corrected chi connectivity index (χ1v) is 3.22. The maximum Gasteiger partial charge on any atom is 0.0559 e. The molecule has 0 aliphatic rings. The van der Waals surface area contributed by atoms with Crippen molar-refractivity contribution in [3.63, 3.8) is 0 Å². The third-order valence-electron chi connectivity index (χ3n) is 0.574. The van der Waals surface area contributed by atoms with Gasteiger partial charge in [0.05, 0.1) is 5.34 Å². The van der Waals surface area contributed by atoms with Crippen molar-refractivity contribution in [2.75, 3.05) is 0 Å². The van der Waals surface area contributed by atoms with Gasteiger partial charge in [0, 0.05) is 5.22 Å². The van der Waals surface area contributed by atoms with E-state index < -0.39 is 0 Å². The lowest BCUT2D eigenvalue weighted by Gasteiger charge is -2.07. The molecule has 0 saturated carbocycles. The van der Waals surface area contributed by atoms with Crippen molar-refractivity contribution in [1.29, 1.82) is 5.53 Å². The van der Waals surface area contributed by atoms with E-state index in [1.54, 1.807) is 0 Å². The van der Waals surface area contributed by atoms with Crippen LogP contribution in [-0.4, -0.2) is 15.8 Å². The van der Waals surface area contributed by atoms with Crippen LogP contribution in [0, 0.1) is 5.53 Å². The standard InChI is InChI=1S/H3N5O14/c1-2-3-4-5(8-12-16-18-14-10-6)9-13-17-19-15-11-7/h1,6-7H/b2-1?,4-3+. The van der Waals surface area contributed by atoms with E-state index in [1.165, 1.54) is 0 Å².